The van der Waals surface area contributed by atoms with Gasteiger partial charge >= 0.3 is 0 Å². The van der Waals surface area contributed by atoms with Crippen molar-refractivity contribution in [1.29, 1.82) is 0 Å². The summed E-state index contributed by atoms with van der Waals surface area (Å²) < 4.78 is 24.5. The molecule has 0 aromatic heterocycles. The van der Waals surface area contributed by atoms with Crippen LogP contribution in [0.5, 0.6) is 0 Å². The Morgan fingerprint density at radius 3 is 2.48 bits per heavy atom. The summed E-state index contributed by atoms with van der Waals surface area (Å²) in [6, 6.07) is 9.83. The van der Waals surface area contributed by atoms with Gasteiger partial charge in [-0.2, -0.15) is 0 Å². The van der Waals surface area contributed by atoms with E-state index >= 15 is 0 Å². The van der Waals surface area contributed by atoms with E-state index in [1.54, 1.807) is 7.05 Å². The van der Waals surface area contributed by atoms with E-state index in [0.29, 0.717) is 38.6 Å². The van der Waals surface area contributed by atoms with Gasteiger partial charge in [-0.1, -0.05) is 37.3 Å². The average molecular weight is 371 g/mol. The highest BCUT2D eigenvalue weighted by molar-refractivity contribution is 7.88. The van der Waals surface area contributed by atoms with Crippen molar-refractivity contribution in [2.24, 2.45) is 4.99 Å². The predicted octanol–water partition coefficient (Wildman–Crippen LogP) is 0.599. The minimum absolute atomic E-state index is 0.0134. The van der Waals surface area contributed by atoms with E-state index in [2.05, 4.69) is 15.6 Å². The Kier molecular flexibility index (Phi) is 9.48. The molecule has 1 aromatic rings. The number of aliphatic imine (C=N–C) groups is 1. The molecule has 0 bridgehead atoms. The summed E-state index contributed by atoms with van der Waals surface area (Å²) in [5, 5.41) is 15.9. The number of rotatable bonds is 10. The van der Waals surface area contributed by atoms with Gasteiger partial charge in [-0.3, -0.25) is 4.99 Å². The van der Waals surface area contributed by atoms with Gasteiger partial charge in [0, 0.05) is 39.1 Å². The number of guanidine groups is 1. The van der Waals surface area contributed by atoms with Crippen molar-refractivity contribution in [3.63, 3.8) is 0 Å². The maximum Gasteiger partial charge on any atom is 0.211 e. The maximum absolute atomic E-state index is 11.5. The molecule has 1 unspecified atom stereocenters. The van der Waals surface area contributed by atoms with E-state index < -0.39 is 10.0 Å². The summed E-state index contributed by atoms with van der Waals surface area (Å²) in [5.74, 6) is 0.623. The Morgan fingerprint density at radius 1 is 1.28 bits per heavy atom. The second-order valence-electron chi connectivity index (χ2n) is 5.78. The van der Waals surface area contributed by atoms with Crippen molar-refractivity contribution in [3.05, 3.63) is 35.9 Å². The van der Waals surface area contributed by atoms with Gasteiger partial charge in [0.05, 0.1) is 12.9 Å². The van der Waals surface area contributed by atoms with Crippen LogP contribution in [0.3, 0.4) is 0 Å². The first-order valence-corrected chi connectivity index (χ1v) is 10.3. The molecule has 0 amide bonds. The van der Waals surface area contributed by atoms with Crippen LogP contribution in [-0.2, 0) is 10.0 Å². The molecule has 25 heavy (non-hydrogen) atoms. The number of nitrogens with one attached hydrogen (secondary N) is 2. The van der Waals surface area contributed by atoms with Crippen LogP contribution in [0.15, 0.2) is 35.3 Å². The van der Waals surface area contributed by atoms with Gasteiger partial charge in [0.1, 0.15) is 0 Å². The molecule has 0 radical (unpaired) electrons. The topological polar surface area (TPSA) is 94.0 Å². The maximum atomic E-state index is 11.5. The number of hydrogen-bond donors (Lipinski definition) is 3. The van der Waals surface area contributed by atoms with Crippen LogP contribution in [-0.4, -0.2) is 69.9 Å². The fraction of sp³-hybridized carbons (Fsp3) is 0.588. The molecule has 0 heterocycles. The second-order valence-corrected chi connectivity index (χ2v) is 7.76. The lowest BCUT2D eigenvalue weighted by atomic mass is 10.0. The van der Waals surface area contributed by atoms with Gasteiger partial charge < -0.3 is 15.7 Å². The second kappa shape index (κ2) is 11.1. The minimum atomic E-state index is -3.14. The molecule has 142 valence electrons. The van der Waals surface area contributed by atoms with Crippen molar-refractivity contribution in [2.75, 3.05) is 46.1 Å². The fourth-order valence-corrected chi connectivity index (χ4v) is 3.40. The lowest BCUT2D eigenvalue weighted by Crippen LogP contribution is -2.41. The number of benzene rings is 1. The first-order chi connectivity index (χ1) is 11.9. The van der Waals surface area contributed by atoms with E-state index in [1.807, 2.05) is 37.3 Å². The molecule has 0 aliphatic carbocycles. The van der Waals surface area contributed by atoms with Crippen molar-refractivity contribution < 1.29 is 13.5 Å². The van der Waals surface area contributed by atoms with Crippen molar-refractivity contribution >= 4 is 16.0 Å². The number of aliphatic hydroxyl groups excluding tert-OH is 1. The highest BCUT2D eigenvalue weighted by Gasteiger charge is 2.14. The zero-order valence-electron chi connectivity index (χ0n) is 15.3. The van der Waals surface area contributed by atoms with E-state index in [9.17, 15) is 13.5 Å². The monoisotopic (exact) mass is 370 g/mol. The Morgan fingerprint density at radius 2 is 1.96 bits per heavy atom. The highest BCUT2D eigenvalue weighted by atomic mass is 32.2. The third kappa shape index (κ3) is 7.85. The lowest BCUT2D eigenvalue weighted by molar-refractivity contribution is 0.265. The van der Waals surface area contributed by atoms with Gasteiger partial charge in [0.15, 0.2) is 5.96 Å². The quantitative estimate of drug-likeness (QED) is 0.319. The van der Waals surface area contributed by atoms with Crippen LogP contribution >= 0.6 is 0 Å². The largest absolute Gasteiger partial charge is 0.396 e. The summed E-state index contributed by atoms with van der Waals surface area (Å²) in [5.41, 5.74) is 1.07. The summed E-state index contributed by atoms with van der Waals surface area (Å²) >= 11 is 0. The summed E-state index contributed by atoms with van der Waals surface area (Å²) in [7, 11) is -1.46. The van der Waals surface area contributed by atoms with E-state index in [4.69, 9.17) is 0 Å². The standard InChI is InChI=1S/C17H30N4O3S/c1-4-21(25(3,23)24)12-8-11-19-17(18-2)20-13-16(14-22)15-9-6-5-7-10-15/h5-7,9-10,16,22H,4,8,11-14H2,1-3H3,(H2,18,19,20). The highest BCUT2D eigenvalue weighted by Crippen LogP contribution is 2.13. The average Bonchev–Trinajstić information content (AvgIpc) is 2.60. The summed E-state index contributed by atoms with van der Waals surface area (Å²) in [6.45, 7) is 4.00. The van der Waals surface area contributed by atoms with Crippen LogP contribution in [0.25, 0.3) is 0 Å². The summed E-state index contributed by atoms with van der Waals surface area (Å²) in [4.78, 5) is 4.15. The normalized spacial score (nSPS) is 13.7. The lowest BCUT2D eigenvalue weighted by Gasteiger charge is -2.19. The van der Waals surface area contributed by atoms with Crippen molar-refractivity contribution in [3.8, 4) is 0 Å². The van der Waals surface area contributed by atoms with Gasteiger partial charge in [0.25, 0.3) is 0 Å². The first kappa shape index (κ1) is 21.4. The number of aliphatic hydroxyl groups is 1. The number of hydrogen-bond acceptors (Lipinski definition) is 4. The molecule has 8 heteroatoms. The van der Waals surface area contributed by atoms with Crippen LogP contribution < -0.4 is 10.6 Å². The molecular weight excluding hydrogens is 340 g/mol. The fourth-order valence-electron chi connectivity index (χ4n) is 2.47. The Hall–Kier alpha value is -1.64. The van der Waals surface area contributed by atoms with Gasteiger partial charge in [-0.05, 0) is 12.0 Å². The molecule has 3 N–H and O–H groups in total. The van der Waals surface area contributed by atoms with Gasteiger partial charge in [-0.15, -0.1) is 0 Å². The Labute approximate surface area is 151 Å². The van der Waals surface area contributed by atoms with Crippen molar-refractivity contribution in [1.82, 2.24) is 14.9 Å². The zero-order chi connectivity index (χ0) is 18.7. The van der Waals surface area contributed by atoms with Crippen LogP contribution in [0.4, 0.5) is 0 Å². The molecule has 1 aromatic carbocycles. The molecule has 1 atom stereocenters. The van der Waals surface area contributed by atoms with Gasteiger partial charge in [-0.25, -0.2) is 12.7 Å². The Balaban J connectivity index is 2.40. The molecule has 0 fully saturated rings. The predicted molar refractivity (Wildman–Crippen MR) is 102 cm³/mol. The minimum Gasteiger partial charge on any atom is -0.396 e. The third-order valence-electron chi connectivity index (χ3n) is 3.93. The van der Waals surface area contributed by atoms with Crippen LogP contribution in [0, 0.1) is 0 Å². The first-order valence-electron chi connectivity index (χ1n) is 8.47. The van der Waals surface area contributed by atoms with E-state index in [-0.39, 0.29) is 12.5 Å². The molecule has 0 aliphatic heterocycles. The molecule has 0 saturated heterocycles. The number of nitrogens with zero attached hydrogens (tertiary/aromatic N) is 2. The van der Waals surface area contributed by atoms with Crippen LogP contribution in [0.1, 0.15) is 24.8 Å². The SMILES string of the molecule is CCN(CCCNC(=NC)NCC(CO)c1ccccc1)S(C)(=O)=O. The van der Waals surface area contributed by atoms with Crippen molar-refractivity contribution in [2.45, 2.75) is 19.3 Å². The number of sulfonamides is 1. The molecule has 0 aliphatic rings. The van der Waals surface area contributed by atoms with E-state index in [1.165, 1.54) is 10.6 Å². The van der Waals surface area contributed by atoms with Gasteiger partial charge in [0.2, 0.25) is 10.0 Å². The van der Waals surface area contributed by atoms with E-state index in [0.717, 1.165) is 5.56 Å². The zero-order valence-corrected chi connectivity index (χ0v) is 16.1. The smallest absolute Gasteiger partial charge is 0.211 e. The molecule has 0 saturated carbocycles. The summed E-state index contributed by atoms with van der Waals surface area (Å²) in [6.07, 6.45) is 1.91. The molecule has 1 rings (SSSR count). The van der Waals surface area contributed by atoms with Crippen LogP contribution in [0.2, 0.25) is 0 Å². The Bertz CT molecular complexity index is 620. The third-order valence-corrected chi connectivity index (χ3v) is 5.31. The molecule has 7 nitrogen and oxygen atoms in total. The molecule has 0 spiro atoms. The molecular formula is C17H30N4O3S.